The van der Waals surface area contributed by atoms with Crippen molar-refractivity contribution in [2.75, 3.05) is 13.2 Å². The predicted octanol–water partition coefficient (Wildman–Crippen LogP) is 2.15. The van der Waals surface area contributed by atoms with E-state index in [4.69, 9.17) is 14.6 Å². The SMILES string of the molecule is O=C(O)COc1ccc(CCNC(=O)c2ccc3c(c2)COC3)cc1. The minimum Gasteiger partial charge on any atom is -0.482 e. The number of ether oxygens (including phenoxy) is 2. The van der Waals surface area contributed by atoms with E-state index in [0.29, 0.717) is 37.5 Å². The van der Waals surface area contributed by atoms with Crippen molar-refractivity contribution in [2.45, 2.75) is 19.6 Å². The molecule has 0 spiro atoms. The second-order valence-corrected chi connectivity index (χ2v) is 5.81. The van der Waals surface area contributed by atoms with Crippen LogP contribution in [0.4, 0.5) is 0 Å². The number of aliphatic carboxylic acids is 1. The zero-order valence-corrected chi connectivity index (χ0v) is 13.7. The molecule has 1 aliphatic rings. The molecule has 0 saturated heterocycles. The van der Waals surface area contributed by atoms with Gasteiger partial charge in [0.25, 0.3) is 5.91 Å². The van der Waals surface area contributed by atoms with Gasteiger partial charge in [-0.1, -0.05) is 18.2 Å². The van der Waals surface area contributed by atoms with Crippen LogP contribution in [0.3, 0.4) is 0 Å². The maximum absolute atomic E-state index is 12.2. The fourth-order valence-electron chi connectivity index (χ4n) is 2.63. The van der Waals surface area contributed by atoms with Crippen LogP contribution in [-0.2, 0) is 29.2 Å². The van der Waals surface area contributed by atoms with Gasteiger partial charge >= 0.3 is 5.97 Å². The molecule has 0 unspecified atom stereocenters. The van der Waals surface area contributed by atoms with Crippen molar-refractivity contribution in [2.24, 2.45) is 0 Å². The number of hydrogen-bond donors (Lipinski definition) is 2. The number of rotatable bonds is 7. The van der Waals surface area contributed by atoms with Crippen LogP contribution in [0.15, 0.2) is 42.5 Å². The molecule has 1 amide bonds. The van der Waals surface area contributed by atoms with Crippen molar-refractivity contribution in [3.05, 3.63) is 64.7 Å². The minimum absolute atomic E-state index is 0.101. The van der Waals surface area contributed by atoms with Gasteiger partial charge in [-0.3, -0.25) is 4.79 Å². The van der Waals surface area contributed by atoms with Gasteiger partial charge in [0.15, 0.2) is 6.61 Å². The third-order valence-corrected chi connectivity index (χ3v) is 3.97. The van der Waals surface area contributed by atoms with E-state index in [1.165, 1.54) is 0 Å². The molecule has 1 heterocycles. The number of benzene rings is 2. The number of carbonyl (C=O) groups excluding carboxylic acids is 1. The lowest BCUT2D eigenvalue weighted by atomic mass is 10.1. The third-order valence-electron chi connectivity index (χ3n) is 3.97. The molecule has 0 saturated carbocycles. The van der Waals surface area contributed by atoms with Crippen molar-refractivity contribution in [3.63, 3.8) is 0 Å². The summed E-state index contributed by atoms with van der Waals surface area (Å²) in [6, 6.07) is 12.8. The van der Waals surface area contributed by atoms with Gasteiger partial charge in [0.1, 0.15) is 5.75 Å². The van der Waals surface area contributed by atoms with E-state index < -0.39 is 5.97 Å². The number of hydrogen-bond acceptors (Lipinski definition) is 4. The predicted molar refractivity (Wildman–Crippen MR) is 90.5 cm³/mol. The molecule has 0 aliphatic carbocycles. The van der Waals surface area contributed by atoms with Gasteiger partial charge in [0.05, 0.1) is 13.2 Å². The molecule has 0 aromatic heterocycles. The molecule has 2 aromatic carbocycles. The maximum Gasteiger partial charge on any atom is 0.341 e. The first kappa shape index (κ1) is 17.0. The number of carboxylic acids is 1. The Kier molecular flexibility index (Phi) is 5.30. The van der Waals surface area contributed by atoms with Crippen LogP contribution in [0.2, 0.25) is 0 Å². The molecule has 0 radical (unpaired) electrons. The summed E-state index contributed by atoms with van der Waals surface area (Å²) in [6.07, 6.45) is 0.680. The van der Waals surface area contributed by atoms with Crippen LogP contribution in [0.25, 0.3) is 0 Å². The lowest BCUT2D eigenvalue weighted by Crippen LogP contribution is -2.25. The summed E-state index contributed by atoms with van der Waals surface area (Å²) in [5, 5.41) is 11.5. The van der Waals surface area contributed by atoms with E-state index in [1.54, 1.807) is 12.1 Å². The summed E-state index contributed by atoms with van der Waals surface area (Å²) in [7, 11) is 0. The lowest BCUT2D eigenvalue weighted by molar-refractivity contribution is -0.139. The first-order valence-electron chi connectivity index (χ1n) is 8.03. The quantitative estimate of drug-likeness (QED) is 0.806. The van der Waals surface area contributed by atoms with E-state index >= 15 is 0 Å². The first-order chi connectivity index (χ1) is 12.1. The summed E-state index contributed by atoms with van der Waals surface area (Å²) in [6.45, 7) is 1.33. The third kappa shape index (κ3) is 4.58. The van der Waals surface area contributed by atoms with E-state index in [-0.39, 0.29) is 12.5 Å². The monoisotopic (exact) mass is 341 g/mol. The highest BCUT2D eigenvalue weighted by molar-refractivity contribution is 5.94. The van der Waals surface area contributed by atoms with E-state index in [9.17, 15) is 9.59 Å². The van der Waals surface area contributed by atoms with Crippen molar-refractivity contribution >= 4 is 11.9 Å². The molecule has 2 N–H and O–H groups in total. The van der Waals surface area contributed by atoms with Gasteiger partial charge in [-0.2, -0.15) is 0 Å². The summed E-state index contributed by atoms with van der Waals surface area (Å²) in [5.41, 5.74) is 3.89. The second kappa shape index (κ2) is 7.81. The van der Waals surface area contributed by atoms with Gasteiger partial charge < -0.3 is 19.9 Å². The second-order valence-electron chi connectivity index (χ2n) is 5.81. The van der Waals surface area contributed by atoms with Crippen molar-refractivity contribution in [3.8, 4) is 5.75 Å². The molecular weight excluding hydrogens is 322 g/mol. The van der Waals surface area contributed by atoms with Gasteiger partial charge in [-0.25, -0.2) is 4.79 Å². The van der Waals surface area contributed by atoms with E-state index in [1.807, 2.05) is 30.3 Å². The smallest absolute Gasteiger partial charge is 0.341 e. The Hall–Kier alpha value is -2.86. The Balaban J connectivity index is 1.47. The fraction of sp³-hybridized carbons (Fsp3) is 0.263. The summed E-state index contributed by atoms with van der Waals surface area (Å²) >= 11 is 0. The Morgan fingerprint density at radius 2 is 1.84 bits per heavy atom. The molecule has 25 heavy (non-hydrogen) atoms. The Bertz CT molecular complexity index is 770. The van der Waals surface area contributed by atoms with Gasteiger partial charge in [-0.15, -0.1) is 0 Å². The Morgan fingerprint density at radius 3 is 2.60 bits per heavy atom. The molecule has 2 aromatic rings. The standard InChI is InChI=1S/C19H19NO5/c21-18(22)12-25-17-5-1-13(2-6-17)7-8-20-19(23)14-3-4-15-10-24-11-16(15)9-14/h1-6,9H,7-8,10-12H2,(H,20,23)(H,21,22). The number of carbonyl (C=O) groups is 2. The summed E-state index contributed by atoms with van der Waals surface area (Å²) in [5.74, 6) is -0.600. The Morgan fingerprint density at radius 1 is 1.08 bits per heavy atom. The van der Waals surface area contributed by atoms with Crippen molar-refractivity contribution < 1.29 is 24.2 Å². The molecule has 130 valence electrons. The van der Waals surface area contributed by atoms with Crippen molar-refractivity contribution in [1.29, 1.82) is 0 Å². The Labute approximate surface area is 145 Å². The average Bonchev–Trinajstić information content (AvgIpc) is 3.08. The highest BCUT2D eigenvalue weighted by atomic mass is 16.5. The van der Waals surface area contributed by atoms with Gasteiger partial charge in [-0.05, 0) is 47.4 Å². The van der Waals surface area contributed by atoms with E-state index in [2.05, 4.69) is 5.32 Å². The molecular formula is C19H19NO5. The molecule has 6 heteroatoms. The van der Waals surface area contributed by atoms with Gasteiger partial charge in [0.2, 0.25) is 0 Å². The largest absolute Gasteiger partial charge is 0.482 e. The van der Waals surface area contributed by atoms with Crippen LogP contribution in [0, 0.1) is 0 Å². The average molecular weight is 341 g/mol. The maximum atomic E-state index is 12.2. The van der Waals surface area contributed by atoms with Crippen LogP contribution >= 0.6 is 0 Å². The first-order valence-corrected chi connectivity index (χ1v) is 8.03. The fourth-order valence-corrected chi connectivity index (χ4v) is 2.63. The van der Waals surface area contributed by atoms with Crippen LogP contribution in [-0.4, -0.2) is 30.1 Å². The van der Waals surface area contributed by atoms with Crippen LogP contribution in [0.1, 0.15) is 27.0 Å². The highest BCUT2D eigenvalue weighted by Gasteiger charge is 2.14. The zero-order valence-electron chi connectivity index (χ0n) is 13.7. The highest BCUT2D eigenvalue weighted by Crippen LogP contribution is 2.20. The molecule has 6 nitrogen and oxygen atoms in total. The van der Waals surface area contributed by atoms with Gasteiger partial charge in [0, 0.05) is 12.1 Å². The molecule has 0 fully saturated rings. The summed E-state index contributed by atoms with van der Waals surface area (Å²) in [4.78, 5) is 22.7. The number of fused-ring (bicyclic) bond motifs is 1. The molecule has 3 rings (SSSR count). The summed E-state index contributed by atoms with van der Waals surface area (Å²) < 4.78 is 10.4. The van der Waals surface area contributed by atoms with Crippen LogP contribution < -0.4 is 10.1 Å². The molecule has 1 aliphatic heterocycles. The topological polar surface area (TPSA) is 84.9 Å². The zero-order chi connectivity index (χ0) is 17.6. The molecule has 0 bridgehead atoms. The van der Waals surface area contributed by atoms with Crippen LogP contribution in [0.5, 0.6) is 5.75 Å². The number of nitrogens with one attached hydrogen (secondary N) is 1. The lowest BCUT2D eigenvalue weighted by Gasteiger charge is -2.08. The number of carboxylic acid groups (broad SMARTS) is 1. The number of amides is 1. The molecule has 0 atom stereocenters. The minimum atomic E-state index is -1.01. The van der Waals surface area contributed by atoms with Crippen molar-refractivity contribution in [1.82, 2.24) is 5.32 Å². The van der Waals surface area contributed by atoms with E-state index in [0.717, 1.165) is 16.7 Å². The normalized spacial score (nSPS) is 12.5.